The normalized spacial score (nSPS) is 31.5. The van der Waals surface area contributed by atoms with Crippen molar-refractivity contribution in [1.29, 1.82) is 0 Å². The maximum absolute atomic E-state index is 13.1. The monoisotopic (exact) mass is 555 g/mol. The minimum atomic E-state index is -1.57. The van der Waals surface area contributed by atoms with Gasteiger partial charge >= 0.3 is 5.97 Å². The van der Waals surface area contributed by atoms with Crippen molar-refractivity contribution in [2.75, 3.05) is 31.7 Å². The SMILES string of the molecule is CCC[C@@H]1C[C@@H](C(=O)N[C@@H]([C@H]2O[C@H](SCCOC(=O)c3cccc(N)c3)[C@H](O)[C@@H](O)[C@H]2O)[C@@H](C)O)N(C)C1. The highest BCUT2D eigenvalue weighted by Gasteiger charge is 2.48. The van der Waals surface area contributed by atoms with Gasteiger partial charge in [0, 0.05) is 18.0 Å². The molecule has 0 saturated carbocycles. The van der Waals surface area contributed by atoms with E-state index in [1.54, 1.807) is 18.2 Å². The number of nitrogens with two attached hydrogens (primary N) is 1. The highest BCUT2D eigenvalue weighted by atomic mass is 32.2. The Bertz CT molecular complexity index is 938. The summed E-state index contributed by atoms with van der Waals surface area (Å²) in [7, 11) is 1.88. The molecule has 0 aromatic heterocycles. The molecule has 0 radical (unpaired) electrons. The van der Waals surface area contributed by atoms with Gasteiger partial charge in [0.1, 0.15) is 36.5 Å². The summed E-state index contributed by atoms with van der Waals surface area (Å²) in [6, 6.07) is 4.99. The van der Waals surface area contributed by atoms with Crippen molar-refractivity contribution in [2.45, 2.75) is 81.1 Å². The van der Waals surface area contributed by atoms with Crippen molar-refractivity contribution in [3.8, 4) is 0 Å². The van der Waals surface area contributed by atoms with Gasteiger partial charge in [0.2, 0.25) is 5.91 Å². The van der Waals surface area contributed by atoms with Crippen LogP contribution in [0.15, 0.2) is 24.3 Å². The Morgan fingerprint density at radius 1 is 1.26 bits per heavy atom. The first-order valence-electron chi connectivity index (χ1n) is 13.1. The summed E-state index contributed by atoms with van der Waals surface area (Å²) in [6.45, 7) is 4.38. The van der Waals surface area contributed by atoms with Gasteiger partial charge in [-0.25, -0.2) is 4.79 Å². The number of nitrogens with zero attached hydrogens (tertiary/aromatic N) is 1. The molecule has 12 heteroatoms. The number of carbonyl (C=O) groups excluding carboxylic acids is 2. The molecule has 2 heterocycles. The fraction of sp³-hybridized carbons (Fsp3) is 0.692. The van der Waals surface area contributed by atoms with Gasteiger partial charge in [-0.15, -0.1) is 11.8 Å². The van der Waals surface area contributed by atoms with E-state index in [4.69, 9.17) is 15.2 Å². The second-order valence-electron chi connectivity index (χ2n) is 10.2. The lowest BCUT2D eigenvalue weighted by atomic mass is 9.92. The third-order valence-corrected chi connectivity index (χ3v) is 8.27. The molecule has 0 aliphatic carbocycles. The molecule has 1 amide bonds. The smallest absolute Gasteiger partial charge is 0.338 e. The standard InChI is InChI=1S/C26H41N3O8S/c1-4-6-15-11-18(29(3)13-15)24(34)28-19(14(2)30)23-21(32)20(31)22(33)26(37-23)38-10-9-36-25(35)16-7-5-8-17(27)12-16/h5,7-8,12,14-15,18-23,26,30-33H,4,6,9-11,13,27H2,1-3H3,(H,28,34)/t14-,15-,18+,19-,20+,21-,22-,23-,26-/m1/s1. The third-order valence-electron chi connectivity index (χ3n) is 7.14. The van der Waals surface area contributed by atoms with Crippen molar-refractivity contribution in [3.63, 3.8) is 0 Å². The molecule has 1 aromatic carbocycles. The number of hydrogen-bond donors (Lipinski definition) is 6. The number of benzene rings is 1. The zero-order chi connectivity index (χ0) is 28.0. The molecule has 9 atom stereocenters. The predicted molar refractivity (Wildman–Crippen MR) is 143 cm³/mol. The van der Waals surface area contributed by atoms with Crippen molar-refractivity contribution in [1.82, 2.24) is 10.2 Å². The molecule has 214 valence electrons. The van der Waals surface area contributed by atoms with Gasteiger partial charge in [-0.1, -0.05) is 19.4 Å². The second-order valence-corrected chi connectivity index (χ2v) is 11.4. The van der Waals surface area contributed by atoms with Crippen LogP contribution in [-0.4, -0.2) is 111 Å². The number of hydrogen-bond acceptors (Lipinski definition) is 11. The Hall–Kier alpha value is -1.93. The van der Waals surface area contributed by atoms with Crippen molar-refractivity contribution in [3.05, 3.63) is 29.8 Å². The number of ether oxygens (including phenoxy) is 2. The largest absolute Gasteiger partial charge is 0.461 e. The molecular weight excluding hydrogens is 514 g/mol. The number of amides is 1. The van der Waals surface area contributed by atoms with Crippen molar-refractivity contribution < 1.29 is 39.5 Å². The average molecular weight is 556 g/mol. The van der Waals surface area contributed by atoms with E-state index < -0.39 is 48.0 Å². The first kappa shape index (κ1) is 30.6. The minimum absolute atomic E-state index is 0.00228. The zero-order valence-corrected chi connectivity index (χ0v) is 22.9. The number of aliphatic hydroxyl groups excluding tert-OH is 4. The Balaban J connectivity index is 1.59. The molecule has 0 spiro atoms. The Labute approximate surface area is 227 Å². The summed E-state index contributed by atoms with van der Waals surface area (Å²) < 4.78 is 11.2. The van der Waals surface area contributed by atoms with Crippen LogP contribution in [0.1, 0.15) is 43.5 Å². The van der Waals surface area contributed by atoms with Gasteiger partial charge in [0.25, 0.3) is 0 Å². The maximum Gasteiger partial charge on any atom is 0.338 e. The van der Waals surface area contributed by atoms with E-state index in [0.717, 1.165) is 31.1 Å². The predicted octanol–water partition coefficient (Wildman–Crippen LogP) is -0.0476. The average Bonchev–Trinajstić information content (AvgIpc) is 3.25. The number of aliphatic hydroxyl groups is 4. The number of likely N-dealkylation sites (tertiary alicyclic amines) is 1. The molecule has 38 heavy (non-hydrogen) atoms. The van der Waals surface area contributed by atoms with Crippen molar-refractivity contribution >= 4 is 29.3 Å². The first-order valence-corrected chi connectivity index (χ1v) is 14.1. The summed E-state index contributed by atoms with van der Waals surface area (Å²) in [5, 5.41) is 45.0. The van der Waals surface area contributed by atoms with E-state index in [0.29, 0.717) is 23.6 Å². The summed E-state index contributed by atoms with van der Waals surface area (Å²) in [4.78, 5) is 27.3. The van der Waals surface area contributed by atoms with Gasteiger partial charge in [-0.2, -0.15) is 0 Å². The number of thioether (sulfide) groups is 1. The molecule has 2 saturated heterocycles. The molecule has 3 rings (SSSR count). The van der Waals surface area contributed by atoms with Crippen LogP contribution >= 0.6 is 11.8 Å². The number of likely N-dealkylation sites (N-methyl/N-ethyl adjacent to an activating group) is 1. The van der Waals surface area contributed by atoms with E-state index in [1.165, 1.54) is 13.0 Å². The van der Waals surface area contributed by atoms with Crippen LogP contribution in [0.5, 0.6) is 0 Å². The molecular formula is C26H41N3O8S. The van der Waals surface area contributed by atoms with Crippen LogP contribution in [0.3, 0.4) is 0 Å². The number of anilines is 1. The summed E-state index contributed by atoms with van der Waals surface area (Å²) in [6.07, 6.45) is -4.07. The number of carbonyl (C=O) groups is 2. The summed E-state index contributed by atoms with van der Waals surface area (Å²) >= 11 is 1.09. The molecule has 0 bridgehead atoms. The highest BCUT2D eigenvalue weighted by Crippen LogP contribution is 2.31. The second kappa shape index (κ2) is 13.9. The lowest BCUT2D eigenvalue weighted by molar-refractivity contribution is -0.211. The van der Waals surface area contributed by atoms with Gasteiger partial charge in [-0.05, 0) is 50.9 Å². The van der Waals surface area contributed by atoms with Gasteiger partial charge in [0.15, 0.2) is 0 Å². The van der Waals surface area contributed by atoms with Crippen LogP contribution in [0, 0.1) is 5.92 Å². The molecule has 0 unspecified atom stereocenters. The van der Waals surface area contributed by atoms with Gasteiger partial charge in [0.05, 0.1) is 23.8 Å². The van der Waals surface area contributed by atoms with Crippen molar-refractivity contribution in [2.24, 2.45) is 5.92 Å². The Morgan fingerprint density at radius 3 is 2.66 bits per heavy atom. The highest BCUT2D eigenvalue weighted by molar-refractivity contribution is 7.99. The maximum atomic E-state index is 13.1. The fourth-order valence-electron chi connectivity index (χ4n) is 5.12. The third kappa shape index (κ3) is 7.59. The zero-order valence-electron chi connectivity index (χ0n) is 22.1. The number of nitrogen functional groups attached to an aromatic ring is 1. The molecule has 11 nitrogen and oxygen atoms in total. The van der Waals surface area contributed by atoms with Crippen LogP contribution < -0.4 is 11.1 Å². The van der Waals surface area contributed by atoms with Crippen LogP contribution in [-0.2, 0) is 14.3 Å². The van der Waals surface area contributed by atoms with Gasteiger partial charge in [-0.3, -0.25) is 9.69 Å². The number of esters is 1. The summed E-state index contributed by atoms with van der Waals surface area (Å²) in [5.74, 6) is -0.200. The van der Waals surface area contributed by atoms with Crippen LogP contribution in [0.2, 0.25) is 0 Å². The minimum Gasteiger partial charge on any atom is -0.461 e. The van der Waals surface area contributed by atoms with E-state index in [2.05, 4.69) is 12.2 Å². The Kier molecular flexibility index (Phi) is 11.2. The fourth-order valence-corrected chi connectivity index (χ4v) is 6.10. The lowest BCUT2D eigenvalue weighted by Gasteiger charge is -2.44. The lowest BCUT2D eigenvalue weighted by Crippen LogP contribution is -2.65. The number of nitrogens with one attached hydrogen (secondary N) is 1. The van der Waals surface area contributed by atoms with E-state index in [9.17, 15) is 30.0 Å². The molecule has 2 fully saturated rings. The Morgan fingerprint density at radius 2 is 2.00 bits per heavy atom. The first-order chi connectivity index (χ1) is 18.0. The van der Waals surface area contributed by atoms with Crippen LogP contribution in [0.25, 0.3) is 0 Å². The van der Waals surface area contributed by atoms with E-state index in [-0.39, 0.29) is 24.3 Å². The quantitative estimate of drug-likeness (QED) is 0.123. The molecule has 2 aliphatic heterocycles. The number of rotatable bonds is 11. The van der Waals surface area contributed by atoms with E-state index in [1.807, 2.05) is 11.9 Å². The van der Waals surface area contributed by atoms with Gasteiger partial charge < -0.3 is 41.0 Å². The summed E-state index contributed by atoms with van der Waals surface area (Å²) in [5.41, 5.74) is 5.44. The molecule has 1 aromatic rings. The van der Waals surface area contributed by atoms with Crippen LogP contribution in [0.4, 0.5) is 5.69 Å². The molecule has 7 N–H and O–H groups in total. The molecule has 2 aliphatic rings. The topological polar surface area (TPSA) is 175 Å². The van der Waals surface area contributed by atoms with E-state index >= 15 is 0 Å².